The summed E-state index contributed by atoms with van der Waals surface area (Å²) in [5.74, 6) is -1.22. The van der Waals surface area contributed by atoms with Crippen molar-refractivity contribution in [2.75, 3.05) is 0 Å². The van der Waals surface area contributed by atoms with E-state index < -0.39 is 23.1 Å². The van der Waals surface area contributed by atoms with Gasteiger partial charge in [-0.3, -0.25) is 0 Å². The van der Waals surface area contributed by atoms with Gasteiger partial charge >= 0.3 is 6.18 Å². The number of hydrogen-bond donors (Lipinski definition) is 1. The molecule has 0 unspecified atom stereocenters. The third kappa shape index (κ3) is 1.99. The standard InChI is InChI=1S/C8H3F4NS/c9-6-1-4(8(10,11)12)2-7(14)5(6)3-13/h1-2,14H. The maximum atomic E-state index is 12.9. The molecule has 0 spiro atoms. The Hall–Kier alpha value is -1.22. The van der Waals surface area contributed by atoms with Crippen LogP contribution < -0.4 is 0 Å². The normalized spacial score (nSPS) is 11.1. The van der Waals surface area contributed by atoms with Crippen LogP contribution in [0.2, 0.25) is 0 Å². The van der Waals surface area contributed by atoms with Gasteiger partial charge in [0.2, 0.25) is 0 Å². The highest BCUT2D eigenvalue weighted by molar-refractivity contribution is 7.80. The van der Waals surface area contributed by atoms with Crippen LogP contribution in [0.15, 0.2) is 17.0 Å². The molecule has 0 amide bonds. The van der Waals surface area contributed by atoms with Crippen LogP contribution in [0.4, 0.5) is 17.6 Å². The van der Waals surface area contributed by atoms with Crippen molar-refractivity contribution in [3.05, 3.63) is 29.1 Å². The zero-order chi connectivity index (χ0) is 10.9. The average Bonchev–Trinajstić information content (AvgIpc) is 2.01. The van der Waals surface area contributed by atoms with E-state index in [1.807, 2.05) is 0 Å². The molecule has 0 radical (unpaired) electrons. The molecule has 1 nitrogen and oxygen atoms in total. The first-order chi connectivity index (χ1) is 6.36. The van der Waals surface area contributed by atoms with Gasteiger partial charge in [-0.25, -0.2) is 4.39 Å². The zero-order valence-corrected chi connectivity index (χ0v) is 7.46. The fourth-order valence-electron chi connectivity index (χ4n) is 0.867. The van der Waals surface area contributed by atoms with E-state index in [1.54, 1.807) is 0 Å². The summed E-state index contributed by atoms with van der Waals surface area (Å²) in [6, 6.07) is 2.32. The second kappa shape index (κ2) is 3.50. The highest BCUT2D eigenvalue weighted by Gasteiger charge is 2.32. The lowest BCUT2D eigenvalue weighted by Gasteiger charge is -2.08. The first kappa shape index (κ1) is 10.9. The van der Waals surface area contributed by atoms with E-state index in [4.69, 9.17) is 5.26 Å². The van der Waals surface area contributed by atoms with Crippen molar-refractivity contribution in [1.29, 1.82) is 5.26 Å². The number of halogens is 4. The van der Waals surface area contributed by atoms with Gasteiger partial charge in [0.05, 0.1) is 5.56 Å². The molecular formula is C8H3F4NS. The molecule has 0 N–H and O–H groups in total. The van der Waals surface area contributed by atoms with Crippen molar-refractivity contribution in [2.45, 2.75) is 11.1 Å². The quantitative estimate of drug-likeness (QED) is 0.528. The van der Waals surface area contributed by atoms with E-state index in [2.05, 4.69) is 12.6 Å². The van der Waals surface area contributed by atoms with Gasteiger partial charge in [0, 0.05) is 4.90 Å². The van der Waals surface area contributed by atoms with Crippen molar-refractivity contribution in [2.24, 2.45) is 0 Å². The fourth-order valence-corrected chi connectivity index (χ4v) is 1.16. The molecule has 0 aliphatic heterocycles. The predicted molar refractivity (Wildman–Crippen MR) is 43.4 cm³/mol. The highest BCUT2D eigenvalue weighted by atomic mass is 32.1. The summed E-state index contributed by atoms with van der Waals surface area (Å²) in [7, 11) is 0. The topological polar surface area (TPSA) is 23.8 Å². The molecule has 1 aromatic rings. The second-order valence-corrected chi connectivity index (χ2v) is 2.94. The van der Waals surface area contributed by atoms with Crippen LogP contribution in [-0.4, -0.2) is 0 Å². The van der Waals surface area contributed by atoms with Gasteiger partial charge in [-0.05, 0) is 12.1 Å². The van der Waals surface area contributed by atoms with Gasteiger partial charge in [-0.2, -0.15) is 18.4 Å². The van der Waals surface area contributed by atoms with Gasteiger partial charge < -0.3 is 0 Å². The monoisotopic (exact) mass is 221 g/mol. The molecule has 0 aromatic heterocycles. The molecule has 0 bridgehead atoms. The minimum absolute atomic E-state index is 0.276. The SMILES string of the molecule is N#Cc1c(F)cc(C(F)(F)F)cc1S. The van der Waals surface area contributed by atoms with Gasteiger partial charge in [0.1, 0.15) is 17.4 Å². The molecule has 0 atom stereocenters. The Kier molecular flexibility index (Phi) is 2.71. The van der Waals surface area contributed by atoms with Crippen molar-refractivity contribution >= 4 is 12.6 Å². The van der Waals surface area contributed by atoms with Crippen LogP contribution in [0, 0.1) is 17.1 Å². The summed E-state index contributed by atoms with van der Waals surface area (Å²) in [6.07, 6.45) is -4.63. The number of alkyl halides is 3. The number of thiol groups is 1. The molecule has 14 heavy (non-hydrogen) atoms. The van der Waals surface area contributed by atoms with E-state index in [-0.39, 0.29) is 11.0 Å². The summed E-state index contributed by atoms with van der Waals surface area (Å²) < 4.78 is 49.2. The predicted octanol–water partition coefficient (Wildman–Crippen LogP) is 3.00. The molecule has 0 aliphatic carbocycles. The summed E-state index contributed by atoms with van der Waals surface area (Å²) in [6.45, 7) is 0. The molecule has 1 rings (SSSR count). The number of rotatable bonds is 0. The molecule has 0 fully saturated rings. The molecular weight excluding hydrogens is 218 g/mol. The van der Waals surface area contributed by atoms with Crippen molar-refractivity contribution in [3.63, 3.8) is 0 Å². The van der Waals surface area contributed by atoms with Crippen LogP contribution >= 0.6 is 12.6 Å². The lowest BCUT2D eigenvalue weighted by Crippen LogP contribution is -2.06. The number of nitriles is 1. The highest BCUT2D eigenvalue weighted by Crippen LogP contribution is 2.32. The lowest BCUT2D eigenvalue weighted by molar-refractivity contribution is -0.137. The van der Waals surface area contributed by atoms with Crippen molar-refractivity contribution < 1.29 is 17.6 Å². The number of benzene rings is 1. The molecule has 0 saturated heterocycles. The van der Waals surface area contributed by atoms with E-state index >= 15 is 0 Å². The molecule has 1 aromatic carbocycles. The fraction of sp³-hybridized carbons (Fsp3) is 0.125. The average molecular weight is 221 g/mol. The largest absolute Gasteiger partial charge is 0.416 e. The Labute approximate surface area is 82.4 Å². The summed E-state index contributed by atoms with van der Waals surface area (Å²) in [4.78, 5) is -0.320. The minimum atomic E-state index is -4.63. The lowest BCUT2D eigenvalue weighted by atomic mass is 10.1. The molecule has 0 saturated carbocycles. The summed E-state index contributed by atoms with van der Waals surface area (Å²) >= 11 is 3.59. The van der Waals surface area contributed by atoms with E-state index in [1.165, 1.54) is 6.07 Å². The van der Waals surface area contributed by atoms with Gasteiger partial charge in [0.25, 0.3) is 0 Å². The Morgan fingerprint density at radius 3 is 2.21 bits per heavy atom. The van der Waals surface area contributed by atoms with Gasteiger partial charge in [-0.1, -0.05) is 0 Å². The van der Waals surface area contributed by atoms with Crippen LogP contribution in [-0.2, 0) is 6.18 Å². The molecule has 74 valence electrons. The van der Waals surface area contributed by atoms with Crippen molar-refractivity contribution in [3.8, 4) is 6.07 Å². The molecule has 6 heteroatoms. The van der Waals surface area contributed by atoms with E-state index in [0.717, 1.165) is 0 Å². The number of nitrogens with zero attached hydrogens (tertiary/aromatic N) is 1. The van der Waals surface area contributed by atoms with E-state index in [9.17, 15) is 17.6 Å². The summed E-state index contributed by atoms with van der Waals surface area (Å²) in [5, 5.41) is 8.37. The number of hydrogen-bond acceptors (Lipinski definition) is 2. The molecule has 0 aliphatic rings. The van der Waals surface area contributed by atoms with E-state index in [0.29, 0.717) is 6.07 Å². The second-order valence-electron chi connectivity index (χ2n) is 2.46. The first-order valence-electron chi connectivity index (χ1n) is 3.36. The Balaban J connectivity index is 3.37. The van der Waals surface area contributed by atoms with Crippen LogP contribution in [0.5, 0.6) is 0 Å². The summed E-state index contributed by atoms with van der Waals surface area (Å²) in [5.41, 5.74) is -1.64. The molecule has 0 heterocycles. The maximum absolute atomic E-state index is 12.9. The smallest absolute Gasteiger partial charge is 0.205 e. The van der Waals surface area contributed by atoms with Crippen LogP contribution in [0.1, 0.15) is 11.1 Å². The Morgan fingerprint density at radius 1 is 1.29 bits per heavy atom. The van der Waals surface area contributed by atoms with Gasteiger partial charge in [-0.15, -0.1) is 12.6 Å². The Bertz CT molecular complexity index is 382. The third-order valence-electron chi connectivity index (χ3n) is 1.51. The maximum Gasteiger partial charge on any atom is 0.416 e. The van der Waals surface area contributed by atoms with Crippen molar-refractivity contribution in [1.82, 2.24) is 0 Å². The third-order valence-corrected chi connectivity index (χ3v) is 1.86. The zero-order valence-electron chi connectivity index (χ0n) is 6.56. The van der Waals surface area contributed by atoms with Crippen LogP contribution in [0.25, 0.3) is 0 Å². The van der Waals surface area contributed by atoms with Crippen LogP contribution in [0.3, 0.4) is 0 Å². The van der Waals surface area contributed by atoms with Gasteiger partial charge in [0.15, 0.2) is 0 Å². The minimum Gasteiger partial charge on any atom is -0.205 e. The Morgan fingerprint density at radius 2 is 1.86 bits per heavy atom. The first-order valence-corrected chi connectivity index (χ1v) is 3.81.